The molecule has 0 atom stereocenters. The molecule has 7 heteroatoms. The predicted molar refractivity (Wildman–Crippen MR) is 108 cm³/mol. The van der Waals surface area contributed by atoms with Crippen molar-refractivity contribution in [3.05, 3.63) is 45.9 Å². The van der Waals surface area contributed by atoms with Gasteiger partial charge in [0.25, 0.3) is 0 Å². The number of ether oxygens (including phenoxy) is 1. The zero-order chi connectivity index (χ0) is 19.9. The Hall–Kier alpha value is -2.54. The van der Waals surface area contributed by atoms with Crippen LogP contribution in [-0.4, -0.2) is 35.2 Å². The number of aliphatic imine (C=N–C) groups is 1. The first kappa shape index (κ1) is 20.8. The lowest BCUT2D eigenvalue weighted by Gasteiger charge is -2.19. The first-order chi connectivity index (χ1) is 12.7. The first-order valence-electron chi connectivity index (χ1n) is 8.75. The topological polar surface area (TPSA) is 80.7 Å². The van der Waals surface area contributed by atoms with Crippen molar-refractivity contribution < 1.29 is 14.3 Å². The van der Waals surface area contributed by atoms with Crippen LogP contribution in [0.1, 0.15) is 43.5 Å². The van der Waals surface area contributed by atoms with E-state index in [4.69, 9.17) is 4.74 Å². The summed E-state index contributed by atoms with van der Waals surface area (Å²) in [6.07, 6.45) is 2.14. The van der Waals surface area contributed by atoms with Gasteiger partial charge in [-0.25, -0.2) is 9.78 Å². The minimum atomic E-state index is -0.576. The smallest absolute Gasteiger partial charge is 0.408 e. The molecule has 27 heavy (non-hydrogen) atoms. The van der Waals surface area contributed by atoms with E-state index in [-0.39, 0.29) is 12.3 Å². The lowest BCUT2D eigenvalue weighted by Crippen LogP contribution is -2.35. The maximum absolute atomic E-state index is 11.9. The fourth-order valence-corrected chi connectivity index (χ4v) is 2.75. The summed E-state index contributed by atoms with van der Waals surface area (Å²) >= 11 is 1.59. The number of aromatic nitrogens is 1. The van der Waals surface area contributed by atoms with Crippen molar-refractivity contribution in [3.63, 3.8) is 0 Å². The monoisotopic (exact) mass is 387 g/mol. The molecular weight excluding hydrogens is 362 g/mol. The Morgan fingerprint density at radius 1 is 1.26 bits per heavy atom. The summed E-state index contributed by atoms with van der Waals surface area (Å²) < 4.78 is 5.10. The molecule has 0 unspecified atom stereocenters. The number of amides is 1. The lowest BCUT2D eigenvalue weighted by molar-refractivity contribution is -0.118. The number of alkyl carbamates (subject to hydrolysis) is 1. The molecule has 0 aliphatic carbocycles. The molecule has 0 aliphatic heterocycles. The van der Waals surface area contributed by atoms with Crippen LogP contribution < -0.4 is 5.32 Å². The minimum Gasteiger partial charge on any atom is -0.444 e. The van der Waals surface area contributed by atoms with Gasteiger partial charge in [0.05, 0.1) is 29.1 Å². The molecule has 0 saturated heterocycles. The lowest BCUT2D eigenvalue weighted by atomic mass is 10.1. The van der Waals surface area contributed by atoms with Crippen LogP contribution >= 0.6 is 11.3 Å². The van der Waals surface area contributed by atoms with Gasteiger partial charge < -0.3 is 10.1 Å². The van der Waals surface area contributed by atoms with E-state index in [1.165, 1.54) is 0 Å². The zero-order valence-corrected chi connectivity index (χ0v) is 16.9. The maximum atomic E-state index is 11.9. The third kappa shape index (κ3) is 8.13. The van der Waals surface area contributed by atoms with Gasteiger partial charge in [0.2, 0.25) is 0 Å². The Labute approximate surface area is 163 Å². The van der Waals surface area contributed by atoms with E-state index in [9.17, 15) is 9.59 Å². The second kappa shape index (κ2) is 9.41. The summed E-state index contributed by atoms with van der Waals surface area (Å²) in [6.45, 7) is 7.27. The number of nitrogens with one attached hydrogen (secondary N) is 1. The third-order valence-electron chi connectivity index (χ3n) is 3.44. The number of benzene rings is 1. The number of hydrogen-bond donors (Lipinski definition) is 1. The standard InChI is InChI=1S/C20H25N3O3S/c1-14-23-17(13-27-14)11-21-16-8-5-15(6-9-16)7-10-18(24)12-22-19(25)26-20(2,3)4/h5-6,8-9,11,13H,7,10,12H2,1-4H3,(H,22,25). The molecule has 0 spiro atoms. The van der Waals surface area contributed by atoms with Crippen LogP contribution in [0, 0.1) is 6.92 Å². The van der Waals surface area contributed by atoms with Crippen LogP contribution in [0.4, 0.5) is 10.5 Å². The van der Waals surface area contributed by atoms with Gasteiger partial charge in [-0.05, 0) is 51.8 Å². The highest BCUT2D eigenvalue weighted by molar-refractivity contribution is 7.09. The summed E-state index contributed by atoms with van der Waals surface area (Å²) in [5.41, 5.74) is 2.16. The fourth-order valence-electron chi connectivity index (χ4n) is 2.19. The molecule has 1 heterocycles. The predicted octanol–water partition coefficient (Wildman–Crippen LogP) is 4.23. The SMILES string of the molecule is Cc1nc(C=Nc2ccc(CCC(=O)CNC(=O)OC(C)(C)C)cc2)cs1. The number of carbonyl (C=O) groups is 2. The minimum absolute atomic E-state index is 0.0235. The first-order valence-corrected chi connectivity index (χ1v) is 9.63. The Morgan fingerprint density at radius 3 is 2.56 bits per heavy atom. The molecule has 1 amide bonds. The highest BCUT2D eigenvalue weighted by atomic mass is 32.1. The highest BCUT2D eigenvalue weighted by Crippen LogP contribution is 2.15. The quantitative estimate of drug-likeness (QED) is 0.721. The molecule has 0 fully saturated rings. The van der Waals surface area contributed by atoms with Crippen molar-refractivity contribution >= 4 is 35.1 Å². The van der Waals surface area contributed by atoms with Gasteiger partial charge in [-0.2, -0.15) is 0 Å². The number of Topliss-reactive ketones (excluding diaryl/α,β-unsaturated/α-hetero) is 1. The molecule has 0 radical (unpaired) electrons. The van der Waals surface area contributed by atoms with E-state index >= 15 is 0 Å². The van der Waals surface area contributed by atoms with Crippen LogP contribution in [0.3, 0.4) is 0 Å². The van der Waals surface area contributed by atoms with Crippen molar-refractivity contribution in [2.24, 2.45) is 4.99 Å². The van der Waals surface area contributed by atoms with E-state index in [2.05, 4.69) is 15.3 Å². The van der Waals surface area contributed by atoms with Gasteiger partial charge in [-0.3, -0.25) is 9.79 Å². The van der Waals surface area contributed by atoms with Crippen LogP contribution in [0.2, 0.25) is 0 Å². The van der Waals surface area contributed by atoms with Gasteiger partial charge in [-0.15, -0.1) is 11.3 Å². The zero-order valence-electron chi connectivity index (χ0n) is 16.1. The van der Waals surface area contributed by atoms with E-state index in [1.54, 1.807) is 38.3 Å². The second-order valence-corrected chi connectivity index (χ2v) is 8.17. The van der Waals surface area contributed by atoms with Gasteiger partial charge in [0.15, 0.2) is 5.78 Å². The van der Waals surface area contributed by atoms with Crippen molar-refractivity contribution in [2.75, 3.05) is 6.54 Å². The largest absolute Gasteiger partial charge is 0.444 e. The molecule has 1 aromatic carbocycles. The van der Waals surface area contributed by atoms with Gasteiger partial charge in [0.1, 0.15) is 5.60 Å². The normalized spacial score (nSPS) is 11.6. The molecule has 0 saturated carbocycles. The number of nitrogens with zero attached hydrogens (tertiary/aromatic N) is 2. The van der Waals surface area contributed by atoms with E-state index < -0.39 is 11.7 Å². The number of rotatable bonds is 7. The summed E-state index contributed by atoms with van der Waals surface area (Å²) in [7, 11) is 0. The van der Waals surface area contributed by atoms with Crippen LogP contribution in [0.25, 0.3) is 0 Å². The van der Waals surface area contributed by atoms with Gasteiger partial charge >= 0.3 is 6.09 Å². The Kier molecular flexibility index (Phi) is 7.24. The molecule has 1 aromatic heterocycles. The molecule has 2 rings (SSSR count). The van der Waals surface area contributed by atoms with Crippen LogP contribution in [-0.2, 0) is 16.0 Å². The van der Waals surface area contributed by atoms with Crippen molar-refractivity contribution in [3.8, 4) is 0 Å². The molecule has 0 bridgehead atoms. The van der Waals surface area contributed by atoms with Crippen molar-refractivity contribution in [1.82, 2.24) is 10.3 Å². The van der Waals surface area contributed by atoms with E-state index in [0.29, 0.717) is 12.8 Å². The van der Waals surface area contributed by atoms with Crippen molar-refractivity contribution in [2.45, 2.75) is 46.1 Å². The maximum Gasteiger partial charge on any atom is 0.408 e. The van der Waals surface area contributed by atoms with E-state index in [0.717, 1.165) is 22.0 Å². The molecule has 1 N–H and O–H groups in total. The van der Waals surface area contributed by atoms with Gasteiger partial charge in [-0.1, -0.05) is 12.1 Å². The second-order valence-electron chi connectivity index (χ2n) is 7.11. The number of hydrogen-bond acceptors (Lipinski definition) is 6. The molecule has 144 valence electrons. The average molecular weight is 388 g/mol. The fraction of sp³-hybridized carbons (Fsp3) is 0.400. The van der Waals surface area contributed by atoms with Crippen LogP contribution in [0.5, 0.6) is 0 Å². The highest BCUT2D eigenvalue weighted by Gasteiger charge is 2.16. The molecule has 6 nitrogen and oxygen atoms in total. The number of thiazole rings is 1. The number of carbonyl (C=O) groups excluding carboxylic acids is 2. The Morgan fingerprint density at radius 2 is 1.96 bits per heavy atom. The summed E-state index contributed by atoms with van der Waals surface area (Å²) in [5, 5.41) is 5.46. The Bertz CT molecular complexity index is 805. The molecule has 0 aliphatic rings. The van der Waals surface area contributed by atoms with E-state index in [1.807, 2.05) is 36.6 Å². The summed E-state index contributed by atoms with van der Waals surface area (Å²) in [6, 6.07) is 7.73. The van der Waals surface area contributed by atoms with Gasteiger partial charge in [0, 0.05) is 11.8 Å². The van der Waals surface area contributed by atoms with Crippen LogP contribution in [0.15, 0.2) is 34.6 Å². The molecular formula is C20H25N3O3S. The Balaban J connectivity index is 1.75. The summed E-state index contributed by atoms with van der Waals surface area (Å²) in [4.78, 5) is 32.2. The summed E-state index contributed by atoms with van der Waals surface area (Å²) in [5.74, 6) is -0.0399. The average Bonchev–Trinajstić information content (AvgIpc) is 3.01. The number of ketones is 1. The van der Waals surface area contributed by atoms with Crippen molar-refractivity contribution in [1.29, 1.82) is 0 Å². The number of aryl methyl sites for hydroxylation is 2. The molecule has 2 aromatic rings. The third-order valence-corrected chi connectivity index (χ3v) is 4.23.